The first-order valence-electron chi connectivity index (χ1n) is 6.52. The summed E-state index contributed by atoms with van der Waals surface area (Å²) in [7, 11) is 0. The number of likely N-dealkylation sites (tertiary alicyclic amines) is 1. The summed E-state index contributed by atoms with van der Waals surface area (Å²) < 4.78 is 0. The second-order valence-electron chi connectivity index (χ2n) is 4.93. The fourth-order valence-electron chi connectivity index (χ4n) is 2.86. The normalized spacial score (nSPS) is 30.1. The van der Waals surface area contributed by atoms with E-state index < -0.39 is 0 Å². The lowest BCUT2D eigenvalue weighted by atomic mass is 9.94. The molecule has 0 unspecified atom stereocenters. The molecule has 0 radical (unpaired) electrons. The number of rotatable bonds is 4. The van der Waals surface area contributed by atoms with Crippen LogP contribution in [-0.4, -0.2) is 49.6 Å². The van der Waals surface area contributed by atoms with Gasteiger partial charge in [0.1, 0.15) is 0 Å². The second-order valence-corrected chi connectivity index (χ2v) is 4.93. The monoisotopic (exact) mass is 225 g/mol. The maximum Gasteiger partial charge on any atom is 0.221 e. The average Bonchev–Trinajstić information content (AvgIpc) is 2.69. The number of nitrogens with one attached hydrogen (secondary N) is 2. The van der Waals surface area contributed by atoms with Gasteiger partial charge >= 0.3 is 0 Å². The van der Waals surface area contributed by atoms with E-state index in [1.807, 2.05) is 6.92 Å². The fraction of sp³-hybridized carbons (Fsp3) is 0.917. The third-order valence-corrected chi connectivity index (χ3v) is 3.70. The van der Waals surface area contributed by atoms with E-state index >= 15 is 0 Å². The summed E-state index contributed by atoms with van der Waals surface area (Å²) in [6.07, 6.45) is 3.31. The van der Waals surface area contributed by atoms with Gasteiger partial charge in [0.15, 0.2) is 0 Å². The lowest BCUT2D eigenvalue weighted by molar-refractivity contribution is -0.121. The summed E-state index contributed by atoms with van der Waals surface area (Å²) in [4.78, 5) is 13.8. The van der Waals surface area contributed by atoms with Crippen LogP contribution in [0, 0.1) is 5.92 Å². The van der Waals surface area contributed by atoms with Crippen molar-refractivity contribution < 1.29 is 4.79 Å². The molecule has 2 atom stereocenters. The van der Waals surface area contributed by atoms with E-state index in [4.69, 9.17) is 0 Å². The van der Waals surface area contributed by atoms with E-state index in [9.17, 15) is 4.79 Å². The van der Waals surface area contributed by atoms with Gasteiger partial charge in [0.05, 0.1) is 0 Å². The average molecular weight is 225 g/mol. The first-order valence-corrected chi connectivity index (χ1v) is 6.52. The third-order valence-electron chi connectivity index (χ3n) is 3.70. The summed E-state index contributed by atoms with van der Waals surface area (Å²) >= 11 is 0. The number of hydrogen-bond donors (Lipinski definition) is 2. The van der Waals surface area contributed by atoms with Crippen molar-refractivity contribution in [3.63, 3.8) is 0 Å². The smallest absolute Gasteiger partial charge is 0.221 e. The second kappa shape index (κ2) is 5.64. The number of amides is 1. The van der Waals surface area contributed by atoms with Crippen LogP contribution < -0.4 is 10.6 Å². The Morgan fingerprint density at radius 2 is 2.38 bits per heavy atom. The zero-order chi connectivity index (χ0) is 11.4. The lowest BCUT2D eigenvalue weighted by Crippen LogP contribution is -2.40. The molecule has 4 heteroatoms. The van der Waals surface area contributed by atoms with Crippen molar-refractivity contribution in [2.24, 2.45) is 5.92 Å². The molecule has 1 amide bonds. The number of piperidine rings is 1. The highest BCUT2D eigenvalue weighted by molar-refractivity contribution is 5.75. The lowest BCUT2D eigenvalue weighted by Gasteiger charge is -2.24. The van der Waals surface area contributed by atoms with Crippen LogP contribution in [0.4, 0.5) is 0 Å². The molecule has 2 heterocycles. The van der Waals surface area contributed by atoms with Gasteiger partial charge in [0, 0.05) is 38.6 Å². The summed E-state index contributed by atoms with van der Waals surface area (Å²) in [5.41, 5.74) is 0. The highest BCUT2D eigenvalue weighted by Crippen LogP contribution is 2.24. The van der Waals surface area contributed by atoms with Crippen LogP contribution in [0.1, 0.15) is 26.2 Å². The molecule has 4 nitrogen and oxygen atoms in total. The molecular weight excluding hydrogens is 202 g/mol. The number of nitrogens with zero attached hydrogens (tertiary/aromatic N) is 1. The van der Waals surface area contributed by atoms with Crippen LogP contribution in [0.25, 0.3) is 0 Å². The third kappa shape index (κ3) is 2.95. The van der Waals surface area contributed by atoms with Gasteiger partial charge < -0.3 is 15.5 Å². The molecule has 2 aliphatic heterocycles. The van der Waals surface area contributed by atoms with Crippen molar-refractivity contribution in [1.82, 2.24) is 15.5 Å². The first-order chi connectivity index (χ1) is 7.79. The van der Waals surface area contributed by atoms with Gasteiger partial charge in [-0.25, -0.2) is 0 Å². The molecule has 0 aromatic rings. The van der Waals surface area contributed by atoms with Gasteiger partial charge in [-0.1, -0.05) is 0 Å². The molecule has 0 spiro atoms. The van der Waals surface area contributed by atoms with Gasteiger partial charge in [0.25, 0.3) is 0 Å². The molecule has 0 aromatic carbocycles. The molecule has 0 aromatic heterocycles. The predicted octanol–water partition coefficient (Wildman–Crippen LogP) is 0.196. The standard InChI is InChI=1S/C12H23N3O/c1-2-13-12(16)5-7-15-8-10-4-3-6-14-11(10)9-15/h10-11,14H,2-9H2,1H3,(H,13,16)/t10-,11+/m0/s1. The molecule has 16 heavy (non-hydrogen) atoms. The molecule has 2 rings (SSSR count). The van der Waals surface area contributed by atoms with Crippen molar-refractivity contribution in [2.45, 2.75) is 32.2 Å². The molecular formula is C12H23N3O. The van der Waals surface area contributed by atoms with E-state index in [1.54, 1.807) is 0 Å². The van der Waals surface area contributed by atoms with E-state index in [0.29, 0.717) is 12.5 Å². The predicted molar refractivity (Wildman–Crippen MR) is 64.3 cm³/mol. The summed E-state index contributed by atoms with van der Waals surface area (Å²) in [6, 6.07) is 0.683. The maximum absolute atomic E-state index is 11.4. The minimum absolute atomic E-state index is 0.185. The van der Waals surface area contributed by atoms with Crippen LogP contribution >= 0.6 is 0 Å². The Hall–Kier alpha value is -0.610. The molecule has 92 valence electrons. The molecule has 2 N–H and O–H groups in total. The zero-order valence-electron chi connectivity index (χ0n) is 10.2. The van der Waals surface area contributed by atoms with Gasteiger partial charge in [-0.3, -0.25) is 4.79 Å². The Kier molecular flexibility index (Phi) is 4.18. The minimum atomic E-state index is 0.185. The minimum Gasteiger partial charge on any atom is -0.356 e. The van der Waals surface area contributed by atoms with Gasteiger partial charge in [0.2, 0.25) is 5.91 Å². The van der Waals surface area contributed by atoms with E-state index in [0.717, 1.165) is 25.6 Å². The Bertz CT molecular complexity index is 230. The molecule has 2 saturated heterocycles. The highest BCUT2D eigenvalue weighted by Gasteiger charge is 2.33. The summed E-state index contributed by atoms with van der Waals surface area (Å²) in [5.74, 6) is 1.01. The highest BCUT2D eigenvalue weighted by atomic mass is 16.1. The Morgan fingerprint density at radius 3 is 3.12 bits per heavy atom. The van der Waals surface area contributed by atoms with E-state index in [2.05, 4.69) is 15.5 Å². The molecule has 2 aliphatic rings. The van der Waals surface area contributed by atoms with Crippen molar-refractivity contribution in [2.75, 3.05) is 32.7 Å². The number of carbonyl (C=O) groups is 1. The van der Waals surface area contributed by atoms with Crippen LogP contribution in [0.2, 0.25) is 0 Å². The van der Waals surface area contributed by atoms with E-state index in [1.165, 1.54) is 25.9 Å². The Balaban J connectivity index is 1.70. The maximum atomic E-state index is 11.4. The molecule has 0 aliphatic carbocycles. The van der Waals surface area contributed by atoms with Crippen LogP contribution in [0.3, 0.4) is 0 Å². The zero-order valence-corrected chi connectivity index (χ0v) is 10.2. The largest absolute Gasteiger partial charge is 0.356 e. The van der Waals surface area contributed by atoms with Gasteiger partial charge in [-0.05, 0) is 32.2 Å². The number of fused-ring (bicyclic) bond motifs is 1. The van der Waals surface area contributed by atoms with Crippen molar-refractivity contribution in [3.8, 4) is 0 Å². The SMILES string of the molecule is CCNC(=O)CCN1C[C@@H]2CCCN[C@@H]2C1. The number of hydrogen-bond acceptors (Lipinski definition) is 3. The Morgan fingerprint density at radius 1 is 1.50 bits per heavy atom. The van der Waals surface area contributed by atoms with Crippen LogP contribution in [-0.2, 0) is 4.79 Å². The van der Waals surface area contributed by atoms with E-state index in [-0.39, 0.29) is 5.91 Å². The van der Waals surface area contributed by atoms with Crippen molar-refractivity contribution >= 4 is 5.91 Å². The molecule has 0 bridgehead atoms. The molecule has 0 saturated carbocycles. The van der Waals surface area contributed by atoms with Gasteiger partial charge in [-0.2, -0.15) is 0 Å². The quantitative estimate of drug-likeness (QED) is 0.718. The van der Waals surface area contributed by atoms with Crippen LogP contribution in [0.5, 0.6) is 0 Å². The van der Waals surface area contributed by atoms with Crippen molar-refractivity contribution in [1.29, 1.82) is 0 Å². The molecule has 2 fully saturated rings. The fourth-order valence-corrected chi connectivity index (χ4v) is 2.86. The topological polar surface area (TPSA) is 44.4 Å². The van der Waals surface area contributed by atoms with Gasteiger partial charge in [-0.15, -0.1) is 0 Å². The summed E-state index contributed by atoms with van der Waals surface area (Å²) in [6.45, 7) is 7.10. The number of carbonyl (C=O) groups excluding carboxylic acids is 1. The first kappa shape index (κ1) is 11.9. The summed E-state index contributed by atoms with van der Waals surface area (Å²) in [5, 5.41) is 6.43. The van der Waals surface area contributed by atoms with Crippen molar-refractivity contribution in [3.05, 3.63) is 0 Å². The Labute approximate surface area is 97.8 Å². The van der Waals surface area contributed by atoms with Crippen LogP contribution in [0.15, 0.2) is 0 Å².